The lowest BCUT2D eigenvalue weighted by atomic mass is 9.35. The minimum absolute atomic E-state index is 0.0716. The van der Waals surface area contributed by atoms with Crippen LogP contribution in [0.2, 0.25) is 0 Å². The van der Waals surface area contributed by atoms with Crippen molar-refractivity contribution < 1.29 is 0 Å². The fourth-order valence-electron chi connectivity index (χ4n) is 11.7. The van der Waals surface area contributed by atoms with E-state index in [-0.39, 0.29) is 33.8 Å². The summed E-state index contributed by atoms with van der Waals surface area (Å²) in [4.78, 5) is 5.32. The Bertz CT molecular complexity index is 2990. The molecule has 0 spiro atoms. The maximum absolute atomic E-state index is 2.69. The first-order chi connectivity index (χ1) is 28.7. The molecule has 3 heterocycles. The maximum atomic E-state index is 2.69. The SMILES string of the molecule is Cc1cc2c3c(c1)N(c1ccc4ccccc4c1)c1c(sc4cc5c(cc14)C(C)(C)CCC5(C)C)B3c1cc3c(cc1N2c1ccc(C(C)(C)C)cc1)C(C)(C)CCC3(C)C. The molecular weight excluding hydrogens is 756 g/mol. The summed E-state index contributed by atoms with van der Waals surface area (Å²) in [6.07, 6.45) is 4.79. The maximum Gasteiger partial charge on any atom is 0.264 e. The number of anilines is 6. The average molecular weight is 817 g/mol. The highest BCUT2D eigenvalue weighted by Gasteiger charge is 2.48. The van der Waals surface area contributed by atoms with Crippen LogP contribution in [-0.4, -0.2) is 6.71 Å². The van der Waals surface area contributed by atoms with Crippen molar-refractivity contribution in [2.24, 2.45) is 0 Å². The highest BCUT2D eigenvalue weighted by Crippen LogP contribution is 2.54. The number of benzene rings is 6. The molecule has 2 aliphatic carbocycles. The minimum Gasteiger partial charge on any atom is -0.311 e. The molecule has 2 nitrogen and oxygen atoms in total. The first-order valence-electron chi connectivity index (χ1n) is 22.9. The molecule has 308 valence electrons. The highest BCUT2D eigenvalue weighted by molar-refractivity contribution is 7.33. The van der Waals surface area contributed by atoms with Crippen LogP contribution in [0.15, 0.2) is 103 Å². The lowest BCUT2D eigenvalue weighted by Gasteiger charge is -2.47. The van der Waals surface area contributed by atoms with Crippen LogP contribution in [-0.2, 0) is 27.1 Å². The van der Waals surface area contributed by atoms with E-state index < -0.39 is 0 Å². The topological polar surface area (TPSA) is 6.48 Å². The van der Waals surface area contributed by atoms with Gasteiger partial charge in [-0.25, -0.2) is 0 Å². The molecule has 61 heavy (non-hydrogen) atoms. The number of aryl methyl sites for hydroxylation is 1. The van der Waals surface area contributed by atoms with Gasteiger partial charge in [-0.15, -0.1) is 11.3 Å². The molecule has 6 aromatic carbocycles. The van der Waals surface area contributed by atoms with Crippen molar-refractivity contribution in [1.82, 2.24) is 0 Å². The normalized spacial score (nSPS) is 19.0. The van der Waals surface area contributed by atoms with Crippen LogP contribution >= 0.6 is 11.3 Å². The lowest BCUT2D eigenvalue weighted by molar-refractivity contribution is 0.332. The van der Waals surface area contributed by atoms with Gasteiger partial charge in [0.05, 0.1) is 5.69 Å². The van der Waals surface area contributed by atoms with E-state index in [9.17, 15) is 0 Å². The number of nitrogens with zero attached hydrogens (tertiary/aromatic N) is 2. The summed E-state index contributed by atoms with van der Waals surface area (Å²) < 4.78 is 2.88. The summed E-state index contributed by atoms with van der Waals surface area (Å²) in [5.41, 5.74) is 19.9. The minimum atomic E-state index is 0.0716. The van der Waals surface area contributed by atoms with Gasteiger partial charge >= 0.3 is 0 Å². The van der Waals surface area contributed by atoms with Gasteiger partial charge in [0, 0.05) is 43.3 Å². The van der Waals surface area contributed by atoms with E-state index in [0.717, 1.165) is 0 Å². The van der Waals surface area contributed by atoms with Gasteiger partial charge in [0.25, 0.3) is 6.71 Å². The molecule has 0 radical (unpaired) electrons. The molecule has 0 fully saturated rings. The van der Waals surface area contributed by atoms with E-state index in [1.54, 1.807) is 0 Å². The summed E-state index contributed by atoms with van der Waals surface area (Å²) in [5, 5.41) is 3.94. The molecule has 4 heteroatoms. The molecule has 7 aromatic rings. The Labute approximate surface area is 369 Å². The Hall–Kier alpha value is -4.80. The zero-order valence-corrected chi connectivity index (χ0v) is 39.3. The first kappa shape index (κ1) is 39.1. The fraction of sp³-hybridized carbons (Fsp3) is 0.368. The third kappa shape index (κ3) is 5.73. The Morgan fingerprint density at radius 3 is 1.70 bits per heavy atom. The first-order valence-corrected chi connectivity index (χ1v) is 23.7. The fourth-order valence-corrected chi connectivity index (χ4v) is 13.0. The van der Waals surface area contributed by atoms with E-state index in [0.29, 0.717) is 0 Å². The highest BCUT2D eigenvalue weighted by atomic mass is 32.1. The zero-order valence-electron chi connectivity index (χ0n) is 38.5. The van der Waals surface area contributed by atoms with Crippen LogP contribution < -0.4 is 25.5 Å². The Kier molecular flexibility index (Phi) is 8.11. The van der Waals surface area contributed by atoms with Gasteiger partial charge < -0.3 is 9.80 Å². The molecule has 0 atom stereocenters. The lowest BCUT2D eigenvalue weighted by Crippen LogP contribution is -2.61. The molecule has 0 unspecified atom stereocenters. The summed E-state index contributed by atoms with van der Waals surface area (Å²) in [7, 11) is 0. The van der Waals surface area contributed by atoms with E-state index in [1.807, 2.05) is 0 Å². The van der Waals surface area contributed by atoms with Crippen molar-refractivity contribution in [3.8, 4) is 0 Å². The molecule has 2 aliphatic heterocycles. The van der Waals surface area contributed by atoms with E-state index in [2.05, 4.69) is 207 Å². The Morgan fingerprint density at radius 1 is 0.541 bits per heavy atom. The van der Waals surface area contributed by atoms with Gasteiger partial charge in [0.15, 0.2) is 0 Å². The summed E-state index contributed by atoms with van der Waals surface area (Å²) >= 11 is 2.06. The van der Waals surface area contributed by atoms with E-state index in [4.69, 9.17) is 0 Å². The van der Waals surface area contributed by atoms with Crippen molar-refractivity contribution in [3.05, 3.63) is 137 Å². The third-order valence-corrected chi connectivity index (χ3v) is 16.9. The van der Waals surface area contributed by atoms with Crippen molar-refractivity contribution in [2.45, 2.75) is 136 Å². The van der Waals surface area contributed by atoms with Crippen LogP contribution in [0.25, 0.3) is 20.9 Å². The molecule has 4 aliphatic rings. The zero-order chi connectivity index (χ0) is 42.8. The number of thiophene rings is 1. The van der Waals surface area contributed by atoms with Gasteiger partial charge in [-0.1, -0.05) is 125 Å². The number of hydrogen-bond acceptors (Lipinski definition) is 3. The number of fused-ring (bicyclic) bond motifs is 9. The monoisotopic (exact) mass is 816 g/mol. The second kappa shape index (κ2) is 12.7. The van der Waals surface area contributed by atoms with Gasteiger partial charge in [0.1, 0.15) is 0 Å². The molecular formula is C57H61BN2S. The second-order valence-corrected chi connectivity index (χ2v) is 23.9. The molecule has 0 saturated heterocycles. The van der Waals surface area contributed by atoms with Gasteiger partial charge in [-0.05, 0) is 169 Å². The van der Waals surface area contributed by atoms with Gasteiger partial charge in [-0.2, -0.15) is 0 Å². The third-order valence-electron chi connectivity index (χ3n) is 15.7. The van der Waals surface area contributed by atoms with E-state index >= 15 is 0 Å². The van der Waals surface area contributed by atoms with E-state index in [1.165, 1.54) is 130 Å². The summed E-state index contributed by atoms with van der Waals surface area (Å²) in [5.74, 6) is 0. The second-order valence-electron chi connectivity index (χ2n) is 22.9. The van der Waals surface area contributed by atoms with Crippen LogP contribution in [0, 0.1) is 6.92 Å². The van der Waals surface area contributed by atoms with Crippen molar-refractivity contribution in [2.75, 3.05) is 9.80 Å². The molecule has 11 rings (SSSR count). The van der Waals surface area contributed by atoms with Crippen LogP contribution in [0.4, 0.5) is 34.1 Å². The summed E-state index contributed by atoms with van der Waals surface area (Å²) in [6.45, 7) is 29.2. The Balaban J connectivity index is 1.28. The number of rotatable bonds is 2. The molecule has 0 N–H and O–H groups in total. The van der Waals surface area contributed by atoms with Crippen molar-refractivity contribution in [3.63, 3.8) is 0 Å². The molecule has 0 saturated carbocycles. The predicted octanol–water partition coefficient (Wildman–Crippen LogP) is 14.4. The largest absolute Gasteiger partial charge is 0.311 e. The average Bonchev–Trinajstić information content (AvgIpc) is 3.58. The van der Waals surface area contributed by atoms with Crippen molar-refractivity contribution in [1.29, 1.82) is 0 Å². The predicted molar refractivity (Wildman–Crippen MR) is 267 cm³/mol. The quantitative estimate of drug-likeness (QED) is 0.160. The standard InChI is InChI=1S/C57H61BN2S/c1-34-27-47-50-48(28-34)60(39-20-17-35-15-13-14-16-36(35)29-39)51-40-30-41-44(57(11,12)26-23-54(41,5)6)33-49(40)61-52(51)58(50)45-31-42-43(56(9,10)25-24-55(42,7)8)32-46(45)59(47)38-21-18-37(19-22-38)53(2,3)4/h13-22,27-33H,23-26H2,1-12H3. The van der Waals surface area contributed by atoms with Crippen LogP contribution in [0.1, 0.15) is 135 Å². The molecule has 1 aromatic heterocycles. The van der Waals surface area contributed by atoms with Gasteiger partial charge in [0.2, 0.25) is 0 Å². The summed E-state index contributed by atoms with van der Waals surface area (Å²) in [6, 6.07) is 41.1. The van der Waals surface area contributed by atoms with Crippen LogP contribution in [0.3, 0.4) is 0 Å². The van der Waals surface area contributed by atoms with Crippen LogP contribution in [0.5, 0.6) is 0 Å². The van der Waals surface area contributed by atoms with Gasteiger partial charge in [-0.3, -0.25) is 0 Å². The van der Waals surface area contributed by atoms with Crippen molar-refractivity contribution >= 4 is 88.7 Å². The Morgan fingerprint density at radius 2 is 1.08 bits per heavy atom. The molecule has 0 amide bonds. The molecule has 0 bridgehead atoms. The number of hydrogen-bond donors (Lipinski definition) is 0. The smallest absolute Gasteiger partial charge is 0.264 e.